The smallest absolute Gasteiger partial charge is 0.191 e. The third-order valence-electron chi connectivity index (χ3n) is 6.73. The molecule has 3 fully saturated rings. The molecule has 1 aromatic carbocycles. The molecule has 2 saturated carbocycles. The molecule has 5 heteroatoms. The summed E-state index contributed by atoms with van der Waals surface area (Å²) in [7, 11) is 1.90. The zero-order chi connectivity index (χ0) is 18.5. The Morgan fingerprint density at radius 2 is 1.71 bits per heavy atom. The summed E-state index contributed by atoms with van der Waals surface area (Å²) in [5, 5.41) is 7.32. The van der Waals surface area contributed by atoms with Gasteiger partial charge in [-0.15, -0.1) is 24.0 Å². The number of nitrogens with one attached hydrogen (secondary N) is 2. The summed E-state index contributed by atoms with van der Waals surface area (Å²) in [5.41, 5.74) is 1.45. The molecule has 1 aromatic rings. The van der Waals surface area contributed by atoms with Crippen LogP contribution in [0.25, 0.3) is 0 Å². The molecule has 4 rings (SSSR count). The maximum atomic E-state index is 4.48. The summed E-state index contributed by atoms with van der Waals surface area (Å²) in [4.78, 5) is 7.19. The minimum Gasteiger partial charge on any atom is -0.354 e. The van der Waals surface area contributed by atoms with Gasteiger partial charge in [0.1, 0.15) is 0 Å². The summed E-state index contributed by atoms with van der Waals surface area (Å²) in [5.74, 6) is 2.59. The van der Waals surface area contributed by atoms with Gasteiger partial charge in [0.15, 0.2) is 5.96 Å². The molecule has 156 valence electrons. The quantitative estimate of drug-likeness (QED) is 0.362. The predicted octanol–water partition coefficient (Wildman–Crippen LogP) is 4.37. The first-order chi connectivity index (χ1) is 13.3. The number of benzene rings is 1. The first-order valence-corrected chi connectivity index (χ1v) is 11.1. The van der Waals surface area contributed by atoms with Gasteiger partial charge in [0.05, 0.1) is 0 Å². The van der Waals surface area contributed by atoms with Crippen LogP contribution in [0.1, 0.15) is 62.8 Å². The first kappa shape index (κ1) is 21.9. The Morgan fingerprint density at radius 3 is 2.39 bits per heavy atom. The van der Waals surface area contributed by atoms with E-state index in [2.05, 4.69) is 50.9 Å². The number of halogens is 1. The topological polar surface area (TPSA) is 39.7 Å². The summed E-state index contributed by atoms with van der Waals surface area (Å²) in [6, 6.07) is 11.9. The standard InChI is InChI=1S/C23H36N4.HI/c1-24-23(26-22-16-21(22)19-10-6-3-7-11-19)25-20-12-14-27(15-13-20)17-18-8-4-2-5-9-18;/h3,6-7,10-11,18,20-22H,2,4-5,8-9,12-17H2,1H3,(H2,24,25,26);1H. The van der Waals surface area contributed by atoms with Crippen LogP contribution < -0.4 is 10.6 Å². The van der Waals surface area contributed by atoms with Crippen molar-refractivity contribution in [3.05, 3.63) is 35.9 Å². The number of hydrogen-bond acceptors (Lipinski definition) is 2. The van der Waals surface area contributed by atoms with Gasteiger partial charge in [-0.2, -0.15) is 0 Å². The lowest BCUT2D eigenvalue weighted by molar-refractivity contribution is 0.160. The molecule has 0 bridgehead atoms. The van der Waals surface area contributed by atoms with Crippen molar-refractivity contribution in [2.24, 2.45) is 10.9 Å². The fraction of sp³-hybridized carbons (Fsp3) is 0.696. The number of hydrogen-bond donors (Lipinski definition) is 2. The molecular formula is C23H37IN4. The average Bonchev–Trinajstić information content (AvgIpc) is 3.49. The molecule has 4 nitrogen and oxygen atoms in total. The third kappa shape index (κ3) is 6.09. The van der Waals surface area contributed by atoms with Crippen LogP contribution in [-0.4, -0.2) is 49.6 Å². The Labute approximate surface area is 188 Å². The van der Waals surface area contributed by atoms with Crippen molar-refractivity contribution in [3.63, 3.8) is 0 Å². The van der Waals surface area contributed by atoms with Gasteiger partial charge >= 0.3 is 0 Å². The van der Waals surface area contributed by atoms with Gasteiger partial charge in [-0.3, -0.25) is 4.99 Å². The van der Waals surface area contributed by atoms with Crippen LogP contribution in [0.4, 0.5) is 0 Å². The molecule has 3 aliphatic rings. The fourth-order valence-electron chi connectivity index (χ4n) is 4.96. The fourth-order valence-corrected chi connectivity index (χ4v) is 4.96. The average molecular weight is 496 g/mol. The monoisotopic (exact) mass is 496 g/mol. The minimum atomic E-state index is 0. The summed E-state index contributed by atoms with van der Waals surface area (Å²) < 4.78 is 0. The second-order valence-electron chi connectivity index (χ2n) is 8.80. The highest BCUT2D eigenvalue weighted by Crippen LogP contribution is 2.40. The second kappa shape index (κ2) is 10.8. The number of piperidine rings is 1. The van der Waals surface area contributed by atoms with Crippen LogP contribution in [0.5, 0.6) is 0 Å². The second-order valence-corrected chi connectivity index (χ2v) is 8.80. The third-order valence-corrected chi connectivity index (χ3v) is 6.73. The van der Waals surface area contributed by atoms with Gasteiger partial charge in [0.2, 0.25) is 0 Å². The van der Waals surface area contributed by atoms with Crippen LogP contribution in [0.15, 0.2) is 35.3 Å². The molecule has 1 heterocycles. The van der Waals surface area contributed by atoms with E-state index in [4.69, 9.17) is 0 Å². The normalized spacial score (nSPS) is 27.1. The van der Waals surface area contributed by atoms with Crippen molar-refractivity contribution in [2.75, 3.05) is 26.7 Å². The zero-order valence-electron chi connectivity index (χ0n) is 17.3. The van der Waals surface area contributed by atoms with Crippen molar-refractivity contribution in [1.29, 1.82) is 0 Å². The van der Waals surface area contributed by atoms with Gasteiger partial charge in [0.25, 0.3) is 0 Å². The highest BCUT2D eigenvalue weighted by molar-refractivity contribution is 14.0. The highest BCUT2D eigenvalue weighted by Gasteiger charge is 2.39. The molecular weight excluding hydrogens is 459 g/mol. The number of nitrogens with zero attached hydrogens (tertiary/aromatic N) is 2. The van der Waals surface area contributed by atoms with E-state index in [1.54, 1.807) is 0 Å². The van der Waals surface area contributed by atoms with E-state index in [9.17, 15) is 0 Å². The largest absolute Gasteiger partial charge is 0.354 e. The lowest BCUT2D eigenvalue weighted by Crippen LogP contribution is -2.49. The number of likely N-dealkylation sites (tertiary alicyclic amines) is 1. The Morgan fingerprint density at radius 1 is 1.00 bits per heavy atom. The van der Waals surface area contributed by atoms with E-state index in [1.165, 1.54) is 76.6 Å². The van der Waals surface area contributed by atoms with Gasteiger partial charge in [-0.1, -0.05) is 49.6 Å². The first-order valence-electron chi connectivity index (χ1n) is 11.1. The van der Waals surface area contributed by atoms with Gasteiger partial charge in [-0.25, -0.2) is 0 Å². The highest BCUT2D eigenvalue weighted by atomic mass is 127. The van der Waals surface area contributed by atoms with E-state index in [0.29, 0.717) is 18.0 Å². The lowest BCUT2D eigenvalue weighted by atomic mass is 9.88. The molecule has 2 aliphatic carbocycles. The van der Waals surface area contributed by atoms with Crippen molar-refractivity contribution in [3.8, 4) is 0 Å². The molecule has 2 unspecified atom stereocenters. The molecule has 1 aliphatic heterocycles. The van der Waals surface area contributed by atoms with Gasteiger partial charge < -0.3 is 15.5 Å². The van der Waals surface area contributed by atoms with Crippen LogP contribution in [0.3, 0.4) is 0 Å². The zero-order valence-corrected chi connectivity index (χ0v) is 19.6. The molecule has 1 saturated heterocycles. The molecule has 0 spiro atoms. The van der Waals surface area contributed by atoms with Crippen LogP contribution >= 0.6 is 24.0 Å². The van der Waals surface area contributed by atoms with Crippen molar-refractivity contribution >= 4 is 29.9 Å². The van der Waals surface area contributed by atoms with E-state index < -0.39 is 0 Å². The Hall–Kier alpha value is -0.820. The molecule has 2 atom stereocenters. The summed E-state index contributed by atoms with van der Waals surface area (Å²) >= 11 is 0. The molecule has 28 heavy (non-hydrogen) atoms. The lowest BCUT2D eigenvalue weighted by Gasteiger charge is -2.36. The maximum Gasteiger partial charge on any atom is 0.191 e. The molecule has 0 aromatic heterocycles. The van der Waals surface area contributed by atoms with Crippen LogP contribution in [0.2, 0.25) is 0 Å². The molecule has 2 N–H and O–H groups in total. The van der Waals surface area contributed by atoms with E-state index in [1.807, 2.05) is 7.05 Å². The van der Waals surface area contributed by atoms with E-state index in [-0.39, 0.29) is 24.0 Å². The van der Waals surface area contributed by atoms with Crippen molar-refractivity contribution in [2.45, 2.75) is 69.4 Å². The van der Waals surface area contributed by atoms with Gasteiger partial charge in [-0.05, 0) is 43.6 Å². The van der Waals surface area contributed by atoms with Crippen molar-refractivity contribution in [1.82, 2.24) is 15.5 Å². The van der Waals surface area contributed by atoms with Crippen LogP contribution in [-0.2, 0) is 0 Å². The SMILES string of the molecule is CN=C(NC1CCN(CC2CCCCC2)CC1)NC1CC1c1ccccc1.I. The van der Waals surface area contributed by atoms with Crippen LogP contribution in [0, 0.1) is 5.92 Å². The van der Waals surface area contributed by atoms with E-state index in [0.717, 1.165) is 11.9 Å². The number of guanidine groups is 1. The molecule has 0 radical (unpaired) electrons. The number of rotatable bonds is 5. The maximum absolute atomic E-state index is 4.48. The Kier molecular flexibility index (Phi) is 8.45. The minimum absolute atomic E-state index is 0. The summed E-state index contributed by atoms with van der Waals surface area (Å²) in [6.07, 6.45) is 11.0. The summed E-state index contributed by atoms with van der Waals surface area (Å²) in [6.45, 7) is 3.81. The van der Waals surface area contributed by atoms with Gasteiger partial charge in [0, 0.05) is 44.7 Å². The number of aliphatic imine (C=N–C) groups is 1. The van der Waals surface area contributed by atoms with E-state index >= 15 is 0 Å². The molecule has 0 amide bonds. The van der Waals surface area contributed by atoms with Crippen molar-refractivity contribution < 1.29 is 0 Å². The predicted molar refractivity (Wildman–Crippen MR) is 129 cm³/mol. The Balaban J connectivity index is 0.00000225. The Bertz CT molecular complexity index is 606.